The van der Waals surface area contributed by atoms with Crippen molar-refractivity contribution in [2.75, 3.05) is 7.05 Å². The third-order valence-electron chi connectivity index (χ3n) is 3.73. The van der Waals surface area contributed by atoms with Gasteiger partial charge in [-0.25, -0.2) is 0 Å². The molecule has 1 aromatic heterocycles. The molecule has 0 aliphatic carbocycles. The van der Waals surface area contributed by atoms with Crippen LogP contribution in [0.25, 0.3) is 10.4 Å². The molecule has 1 N–H and O–H groups in total. The zero-order valence-corrected chi connectivity index (χ0v) is 13.8. The molecular formula is C18H25NS. The Hall–Kier alpha value is -1.12. The molecule has 0 aliphatic heterocycles. The van der Waals surface area contributed by atoms with Crippen molar-refractivity contribution < 1.29 is 0 Å². The van der Waals surface area contributed by atoms with Crippen LogP contribution in [0.4, 0.5) is 0 Å². The molecule has 0 radical (unpaired) electrons. The number of nitrogens with one attached hydrogen (secondary N) is 1. The molecule has 0 bridgehead atoms. The van der Waals surface area contributed by atoms with E-state index in [0.29, 0.717) is 12.0 Å². The van der Waals surface area contributed by atoms with Gasteiger partial charge in [0.05, 0.1) is 0 Å². The first-order chi connectivity index (χ1) is 9.65. The van der Waals surface area contributed by atoms with E-state index in [-0.39, 0.29) is 0 Å². The monoisotopic (exact) mass is 287 g/mol. The quantitative estimate of drug-likeness (QED) is 0.729. The number of hydrogen-bond acceptors (Lipinski definition) is 2. The summed E-state index contributed by atoms with van der Waals surface area (Å²) in [5, 5.41) is 3.42. The van der Waals surface area contributed by atoms with Crippen molar-refractivity contribution in [3.63, 3.8) is 0 Å². The summed E-state index contributed by atoms with van der Waals surface area (Å²) in [4.78, 5) is 2.82. The lowest BCUT2D eigenvalue weighted by molar-refractivity contribution is 0.550. The molecule has 0 amide bonds. The topological polar surface area (TPSA) is 12.0 Å². The maximum atomic E-state index is 3.42. The van der Waals surface area contributed by atoms with Crippen LogP contribution in [0.2, 0.25) is 0 Å². The third kappa shape index (κ3) is 3.50. The Balaban J connectivity index is 2.26. The Morgan fingerprint density at radius 1 is 1.15 bits per heavy atom. The van der Waals surface area contributed by atoms with Gasteiger partial charge in [0.1, 0.15) is 0 Å². The largest absolute Gasteiger partial charge is 0.312 e. The molecule has 1 atom stereocenters. The van der Waals surface area contributed by atoms with Gasteiger partial charge in [-0.1, -0.05) is 51.5 Å². The van der Waals surface area contributed by atoms with E-state index in [4.69, 9.17) is 0 Å². The molecule has 0 saturated carbocycles. The molecule has 1 heterocycles. The molecule has 2 rings (SSSR count). The molecule has 1 nitrogen and oxygen atoms in total. The molecule has 1 aromatic carbocycles. The molecule has 2 aromatic rings. The van der Waals surface area contributed by atoms with Crippen LogP contribution in [0, 0.1) is 0 Å². The second kappa shape index (κ2) is 7.05. The second-order valence-corrected chi connectivity index (χ2v) is 6.73. The van der Waals surface area contributed by atoms with Gasteiger partial charge in [-0.2, -0.15) is 0 Å². The highest BCUT2D eigenvalue weighted by atomic mass is 32.1. The first kappa shape index (κ1) is 15.3. The van der Waals surface area contributed by atoms with Crippen molar-refractivity contribution in [3.05, 3.63) is 46.8 Å². The van der Waals surface area contributed by atoms with E-state index in [9.17, 15) is 0 Å². The van der Waals surface area contributed by atoms with Crippen molar-refractivity contribution in [2.45, 2.75) is 45.6 Å². The molecule has 0 fully saturated rings. The Bertz CT molecular complexity index is 542. The minimum Gasteiger partial charge on any atom is -0.312 e. The summed E-state index contributed by atoms with van der Waals surface area (Å²) < 4.78 is 0. The number of hydrogen-bond donors (Lipinski definition) is 1. The predicted octanol–water partition coefficient (Wildman–Crippen LogP) is 5.60. The van der Waals surface area contributed by atoms with Crippen molar-refractivity contribution in [3.8, 4) is 10.4 Å². The van der Waals surface area contributed by atoms with E-state index in [1.165, 1.54) is 33.7 Å². The van der Waals surface area contributed by atoms with Crippen LogP contribution >= 0.6 is 11.3 Å². The summed E-state index contributed by atoms with van der Waals surface area (Å²) in [7, 11) is 2.05. The van der Waals surface area contributed by atoms with Crippen LogP contribution < -0.4 is 5.32 Å². The van der Waals surface area contributed by atoms with Crippen molar-refractivity contribution >= 4 is 11.3 Å². The minimum absolute atomic E-state index is 0.493. The summed E-state index contributed by atoms with van der Waals surface area (Å²) in [6.45, 7) is 6.74. The zero-order valence-electron chi connectivity index (χ0n) is 12.9. The van der Waals surface area contributed by atoms with Gasteiger partial charge in [0.25, 0.3) is 0 Å². The highest BCUT2D eigenvalue weighted by molar-refractivity contribution is 7.15. The maximum absolute atomic E-state index is 3.42. The first-order valence-electron chi connectivity index (χ1n) is 7.53. The minimum atomic E-state index is 0.493. The number of benzene rings is 1. The molecule has 0 spiro atoms. The summed E-state index contributed by atoms with van der Waals surface area (Å²) in [5.74, 6) is 0.583. The van der Waals surface area contributed by atoms with Crippen LogP contribution in [0.3, 0.4) is 0 Å². The smallest absolute Gasteiger partial charge is 0.0412 e. The summed E-state index contributed by atoms with van der Waals surface area (Å²) in [6.07, 6.45) is 2.41. The van der Waals surface area contributed by atoms with Gasteiger partial charge in [0, 0.05) is 15.8 Å². The van der Waals surface area contributed by atoms with Gasteiger partial charge < -0.3 is 5.32 Å². The summed E-state index contributed by atoms with van der Waals surface area (Å²) >= 11 is 1.92. The Labute approximate surface area is 127 Å². The van der Waals surface area contributed by atoms with E-state index in [1.807, 2.05) is 11.3 Å². The number of rotatable bonds is 6. The van der Waals surface area contributed by atoms with Crippen LogP contribution in [0.1, 0.15) is 56.0 Å². The average molecular weight is 287 g/mol. The number of thiophene rings is 1. The van der Waals surface area contributed by atoms with Crippen molar-refractivity contribution in [1.29, 1.82) is 0 Å². The van der Waals surface area contributed by atoms with E-state index >= 15 is 0 Å². The maximum Gasteiger partial charge on any atom is 0.0412 e. The van der Waals surface area contributed by atoms with E-state index in [0.717, 1.165) is 0 Å². The highest BCUT2D eigenvalue weighted by Gasteiger charge is 2.12. The van der Waals surface area contributed by atoms with E-state index < -0.39 is 0 Å². The van der Waals surface area contributed by atoms with Gasteiger partial charge in [-0.15, -0.1) is 11.3 Å². The third-order valence-corrected chi connectivity index (χ3v) is 4.98. The SMILES string of the molecule is CCCC(NC)c1ccc(-c2cccc(C(C)C)c2)s1. The van der Waals surface area contributed by atoms with Gasteiger partial charge in [0.2, 0.25) is 0 Å². The summed E-state index contributed by atoms with van der Waals surface area (Å²) in [5.41, 5.74) is 2.76. The zero-order chi connectivity index (χ0) is 14.5. The Kier molecular flexibility index (Phi) is 5.38. The normalized spacial score (nSPS) is 12.8. The van der Waals surface area contributed by atoms with Crippen LogP contribution in [0.15, 0.2) is 36.4 Å². The van der Waals surface area contributed by atoms with Gasteiger partial charge in [-0.05, 0) is 42.6 Å². The molecule has 108 valence electrons. The van der Waals surface area contributed by atoms with Crippen molar-refractivity contribution in [2.24, 2.45) is 0 Å². The summed E-state index contributed by atoms with van der Waals surface area (Å²) in [6, 6.07) is 14.0. The molecule has 1 unspecified atom stereocenters. The lowest BCUT2D eigenvalue weighted by Gasteiger charge is -2.12. The first-order valence-corrected chi connectivity index (χ1v) is 8.34. The molecule has 0 saturated heterocycles. The van der Waals surface area contributed by atoms with Crippen LogP contribution in [0.5, 0.6) is 0 Å². The second-order valence-electron chi connectivity index (χ2n) is 5.61. The van der Waals surface area contributed by atoms with Crippen molar-refractivity contribution in [1.82, 2.24) is 5.32 Å². The lowest BCUT2D eigenvalue weighted by atomic mass is 10.0. The average Bonchev–Trinajstić information content (AvgIpc) is 2.94. The molecule has 2 heteroatoms. The lowest BCUT2D eigenvalue weighted by Crippen LogP contribution is -2.14. The van der Waals surface area contributed by atoms with E-state index in [2.05, 4.69) is 69.5 Å². The van der Waals surface area contributed by atoms with E-state index in [1.54, 1.807) is 0 Å². The fourth-order valence-electron chi connectivity index (χ4n) is 2.46. The Morgan fingerprint density at radius 3 is 2.60 bits per heavy atom. The fourth-order valence-corrected chi connectivity index (χ4v) is 3.61. The van der Waals surface area contributed by atoms with Gasteiger partial charge in [-0.3, -0.25) is 0 Å². The van der Waals surface area contributed by atoms with Gasteiger partial charge >= 0.3 is 0 Å². The van der Waals surface area contributed by atoms with Gasteiger partial charge in [0.15, 0.2) is 0 Å². The predicted molar refractivity (Wildman–Crippen MR) is 90.6 cm³/mol. The highest BCUT2D eigenvalue weighted by Crippen LogP contribution is 2.34. The standard InChI is InChI=1S/C18H25NS/c1-5-7-16(19-4)18-11-10-17(20-18)15-9-6-8-14(12-15)13(2)3/h6,8-13,16,19H,5,7H2,1-4H3. The van der Waals surface area contributed by atoms with Crippen LogP contribution in [-0.2, 0) is 0 Å². The molecule has 0 aliphatic rings. The molecular weight excluding hydrogens is 262 g/mol. The van der Waals surface area contributed by atoms with Crippen LogP contribution in [-0.4, -0.2) is 7.05 Å². The Morgan fingerprint density at radius 2 is 1.95 bits per heavy atom. The fraction of sp³-hybridized carbons (Fsp3) is 0.444. The molecule has 20 heavy (non-hydrogen) atoms.